The maximum absolute atomic E-state index is 11.6. The molecule has 0 aromatic heterocycles. The minimum atomic E-state index is -0.961. The van der Waals surface area contributed by atoms with Crippen LogP contribution in [-0.4, -0.2) is 48.2 Å². The van der Waals surface area contributed by atoms with E-state index in [9.17, 15) is 29.3 Å². The molecule has 0 aliphatic heterocycles. The van der Waals surface area contributed by atoms with Gasteiger partial charge in [0.05, 0.1) is 11.5 Å². The number of unbranched alkanes of at least 4 members (excludes halogenated alkanes) is 1. The number of ether oxygens (including phenoxy) is 3. The summed E-state index contributed by atoms with van der Waals surface area (Å²) in [6.45, 7) is 8.08. The summed E-state index contributed by atoms with van der Waals surface area (Å²) in [7, 11) is 0. The van der Waals surface area contributed by atoms with Crippen molar-refractivity contribution in [2.24, 2.45) is 0 Å². The summed E-state index contributed by atoms with van der Waals surface area (Å²) < 4.78 is 14.9. The summed E-state index contributed by atoms with van der Waals surface area (Å²) >= 11 is 0. The Morgan fingerprint density at radius 1 is 1.02 bits per heavy atom. The van der Waals surface area contributed by atoms with Crippen LogP contribution in [0.25, 0.3) is 0 Å². The van der Waals surface area contributed by atoms with E-state index in [1.807, 2.05) is 20.8 Å². The average Bonchev–Trinajstić information content (AvgIpc) is 2.87. The van der Waals surface area contributed by atoms with Gasteiger partial charge in [0.25, 0.3) is 5.69 Å². The van der Waals surface area contributed by atoms with E-state index >= 15 is 0 Å². The van der Waals surface area contributed by atoms with Crippen LogP contribution in [-0.2, 0) is 25.7 Å². The molecule has 0 bridgehead atoms. The molecule has 0 unspecified atom stereocenters. The van der Waals surface area contributed by atoms with Crippen molar-refractivity contribution in [1.82, 2.24) is 10.6 Å². The van der Waals surface area contributed by atoms with Crippen molar-refractivity contribution in [3.8, 4) is 5.75 Å². The monoisotopic (exact) mass is 802 g/mol. The van der Waals surface area contributed by atoms with Gasteiger partial charge >= 0.3 is 12.2 Å². The van der Waals surface area contributed by atoms with Gasteiger partial charge in [-0.1, -0.05) is 25.5 Å². The Morgan fingerprint density at radius 2 is 1.65 bits per heavy atom. The summed E-state index contributed by atoms with van der Waals surface area (Å²) in [6.07, 6.45) is 2.19. The third kappa shape index (κ3) is 15.4. The van der Waals surface area contributed by atoms with Crippen LogP contribution in [0.1, 0.15) is 46.1 Å². The molecular formula is C26H33FmN4O9-. The van der Waals surface area contributed by atoms with Crippen LogP contribution >= 0.6 is 0 Å². The van der Waals surface area contributed by atoms with E-state index in [1.54, 1.807) is 24.3 Å². The molecule has 0 aliphatic rings. The number of alkyl carbamates (subject to hydrolysis) is 1. The van der Waals surface area contributed by atoms with Gasteiger partial charge in [-0.15, -0.1) is 0 Å². The molecule has 0 fully saturated rings. The Morgan fingerprint density at radius 3 is 2.17 bits per heavy atom. The van der Waals surface area contributed by atoms with E-state index in [0.29, 0.717) is 17.8 Å². The van der Waals surface area contributed by atoms with Crippen molar-refractivity contribution in [1.29, 1.82) is 0 Å². The third-order valence-electron chi connectivity index (χ3n) is 4.36. The number of anilines is 1. The molecule has 2 aromatic rings. The first-order valence-electron chi connectivity index (χ1n) is 12.0. The molecule has 0 aliphatic carbocycles. The minimum absolute atomic E-state index is 0. The van der Waals surface area contributed by atoms with Gasteiger partial charge in [-0.25, -0.2) is 9.59 Å². The number of hydrogen-bond donors (Lipinski definition) is 3. The number of nitrogens with zero attached hydrogens (tertiary/aromatic N) is 1. The molecule has 2 rings (SSSR count). The van der Waals surface area contributed by atoms with E-state index in [0.717, 1.165) is 12.8 Å². The van der Waals surface area contributed by atoms with E-state index in [1.165, 1.54) is 30.7 Å². The predicted molar refractivity (Wildman–Crippen MR) is 142 cm³/mol. The van der Waals surface area contributed by atoms with Gasteiger partial charge < -0.3 is 35.0 Å². The summed E-state index contributed by atoms with van der Waals surface area (Å²) in [5.74, 6) is -0.293. The third-order valence-corrected chi connectivity index (χ3v) is 4.36. The number of carbonyl (C=O) groups excluding carboxylic acids is 4. The molecule has 14 heteroatoms. The van der Waals surface area contributed by atoms with E-state index in [-0.39, 0.29) is 30.7 Å². The summed E-state index contributed by atoms with van der Waals surface area (Å²) in [6, 6.07) is 11.5. The number of carbonyl (C=O) groups is 3. The van der Waals surface area contributed by atoms with Crippen molar-refractivity contribution in [2.75, 3.05) is 18.4 Å². The average molecular weight is 803 g/mol. The van der Waals surface area contributed by atoms with Gasteiger partial charge in [-0.2, -0.15) is 6.41 Å². The van der Waals surface area contributed by atoms with Gasteiger partial charge in [0.2, 0.25) is 5.91 Å². The fourth-order valence-corrected chi connectivity index (χ4v) is 2.59. The van der Waals surface area contributed by atoms with Crippen molar-refractivity contribution in [3.63, 3.8) is 0 Å². The fraction of sp³-hybridized carbons (Fsp3) is 0.385. The second kappa shape index (κ2) is 17.7. The van der Waals surface area contributed by atoms with Crippen molar-refractivity contribution < 1.29 is 38.3 Å². The number of nitrogens with one attached hydrogen (secondary N) is 3. The van der Waals surface area contributed by atoms with Crippen LogP contribution in [0, 0.1) is 10.1 Å². The molecule has 13 nitrogen and oxygen atoms in total. The van der Waals surface area contributed by atoms with Crippen molar-refractivity contribution in [3.05, 3.63) is 64.2 Å². The van der Waals surface area contributed by atoms with E-state index < -0.39 is 22.6 Å². The van der Waals surface area contributed by atoms with Gasteiger partial charge in [0.15, 0.2) is 0 Å². The van der Waals surface area contributed by atoms with E-state index in [4.69, 9.17) is 14.2 Å². The Bertz CT molecular complexity index is 1090. The first-order chi connectivity index (χ1) is 18.4. The number of benzene rings is 2. The Hall–Kier alpha value is -5.68. The molecular weight excluding hydrogens is 769 g/mol. The second-order valence-electron chi connectivity index (χ2n) is 8.87. The number of amides is 3. The van der Waals surface area contributed by atoms with Crippen LogP contribution in [0.15, 0.2) is 48.5 Å². The molecule has 0 heterocycles. The largest absolute Gasteiger partial charge is 0.522 e. The Balaban J connectivity index is 0.000000993. The molecule has 0 saturated heterocycles. The molecule has 0 spiro atoms. The molecule has 3 amide bonds. The van der Waals surface area contributed by atoms with Crippen molar-refractivity contribution >= 4 is 35.9 Å². The summed E-state index contributed by atoms with van der Waals surface area (Å²) in [5.41, 5.74) is 0.636. The SMILES string of the molecule is CCCCNC(=O)OC(C)(C)C.O=[C-]NCC(=O)Nc1ccc(COC(=O)Oc2ccc([N+](=O)[O-])cc2)cc1.[Fm]. The molecule has 3 N–H and O–H groups in total. The number of rotatable bonds is 11. The van der Waals surface area contributed by atoms with Crippen LogP contribution in [0.4, 0.5) is 21.0 Å². The standard InChI is InChI=1S/C17H14N3O7.C9H19NO2.Fm/c21-11-18-9-16(22)19-13-3-1-12(2-4-13)10-26-17(23)27-15-7-5-14(6-8-15)20(24)25;1-5-6-7-10-8(11)12-9(2,3)4;/h1-8H,9-10H2,(H,18,21)(H,19,22);5-7H2,1-4H3,(H,10,11);/q-1;;. The van der Waals surface area contributed by atoms with Gasteiger partial charge in [-0.05, 0) is 57.0 Å². The van der Waals surface area contributed by atoms with Gasteiger partial charge in [-0.3, -0.25) is 14.9 Å². The van der Waals surface area contributed by atoms with Crippen LogP contribution in [0.2, 0.25) is 0 Å². The number of nitro benzene ring substituents is 1. The number of hydrogen-bond acceptors (Lipinski definition) is 9. The maximum atomic E-state index is 11.6. The minimum Gasteiger partial charge on any atom is -0.522 e. The molecule has 40 heavy (non-hydrogen) atoms. The Labute approximate surface area is 226 Å². The normalized spacial score (nSPS) is 9.90. The molecule has 2 aromatic carbocycles. The zero-order valence-electron chi connectivity index (χ0n) is 22.6. The zero-order chi connectivity index (χ0) is 29.3. The topological polar surface area (TPSA) is 175 Å². The zero-order valence-corrected chi connectivity index (χ0v) is 25.0. The van der Waals surface area contributed by atoms with Gasteiger partial charge in [0.1, 0.15) is 18.0 Å². The van der Waals surface area contributed by atoms with Gasteiger partial charge in [0, 0.05) is 24.4 Å². The summed E-state index contributed by atoms with van der Waals surface area (Å²) in [4.78, 5) is 54.1. The number of non-ortho nitro benzene ring substituents is 1. The predicted octanol–water partition coefficient (Wildman–Crippen LogP) is 4.22. The smallest absolute Gasteiger partial charge is 0.514 e. The summed E-state index contributed by atoms with van der Waals surface area (Å²) in [5, 5.41) is 17.9. The molecule has 0 atom stereocenters. The van der Waals surface area contributed by atoms with Crippen LogP contribution < -0.4 is 20.7 Å². The molecule has 0 saturated carbocycles. The fourth-order valence-electron chi connectivity index (χ4n) is 2.59. The first-order valence-corrected chi connectivity index (χ1v) is 12.0. The second-order valence-corrected chi connectivity index (χ2v) is 8.87. The van der Waals surface area contributed by atoms with Crippen LogP contribution in [0.3, 0.4) is 0 Å². The van der Waals surface area contributed by atoms with E-state index in [2.05, 4.69) is 22.9 Å². The maximum Gasteiger partial charge on any atom is 0.514 e. The molecule has 0 radical (unpaired) electrons. The molecule has 224 valence electrons. The van der Waals surface area contributed by atoms with Crippen molar-refractivity contribution in [2.45, 2.75) is 52.7 Å². The van der Waals surface area contributed by atoms with Crippen LogP contribution in [0.5, 0.6) is 5.75 Å². The Kier molecular flexibility index (Phi) is 15.2. The number of nitro groups is 1. The first kappa shape index (κ1) is 34.3. The quantitative estimate of drug-likeness (QED) is 0.0572.